The maximum atomic E-state index is 12.5. The summed E-state index contributed by atoms with van der Waals surface area (Å²) in [6, 6.07) is 0. The van der Waals surface area contributed by atoms with Gasteiger partial charge in [-0.2, -0.15) is 17.4 Å². The molecule has 0 bridgehead atoms. The molecule has 1 aliphatic heterocycles. The highest BCUT2D eigenvalue weighted by Gasteiger charge is 2.52. The summed E-state index contributed by atoms with van der Waals surface area (Å²) in [5.74, 6) is -1.92. The smallest absolute Gasteiger partial charge is 0.451 e. The van der Waals surface area contributed by atoms with Crippen LogP contribution in [-0.2, 0) is 15.0 Å². The fraction of sp³-hybridized carbons (Fsp3) is 0.917. The Kier molecular flexibility index (Phi) is 6.78. The van der Waals surface area contributed by atoms with E-state index in [0.29, 0.717) is 6.42 Å². The first-order valence-corrected chi connectivity index (χ1v) is 9.15. The second kappa shape index (κ2) is 7.64. The zero-order valence-electron chi connectivity index (χ0n) is 14.0. The van der Waals surface area contributed by atoms with Gasteiger partial charge < -0.3 is 26.6 Å². The third-order valence-electron chi connectivity index (χ3n) is 4.26. The summed E-state index contributed by atoms with van der Waals surface area (Å²) in [4.78, 5) is 11.6. The maximum Gasteiger partial charge on any atom is 0.451 e. The van der Waals surface area contributed by atoms with Gasteiger partial charge in [0.15, 0.2) is 0 Å². The molecule has 0 spiro atoms. The quantitative estimate of drug-likeness (QED) is 0.243. The highest BCUT2D eigenvalue weighted by Crippen LogP contribution is 2.32. The minimum atomic E-state index is -3.95. The van der Waals surface area contributed by atoms with Gasteiger partial charge >= 0.3 is 13.1 Å². The second-order valence-corrected chi connectivity index (χ2v) is 8.61. The molecule has 24 heavy (non-hydrogen) atoms. The van der Waals surface area contributed by atoms with E-state index in [1.54, 1.807) is 13.8 Å². The first-order valence-electron chi connectivity index (χ1n) is 7.71. The van der Waals surface area contributed by atoms with Crippen molar-refractivity contribution in [2.24, 2.45) is 17.4 Å². The maximum absolute atomic E-state index is 12.5. The average Bonchev–Trinajstić information content (AvgIpc) is 2.77. The molecule has 1 heterocycles. The monoisotopic (exact) mass is 366 g/mol. The molecule has 1 rings (SSSR count). The Balaban J connectivity index is 2.91. The van der Waals surface area contributed by atoms with Gasteiger partial charge in [0.25, 0.3) is 10.2 Å². The minimum Gasteiger partial charge on any atom is -0.480 e. The zero-order chi connectivity index (χ0) is 18.8. The normalized spacial score (nSPS) is 25.8. The van der Waals surface area contributed by atoms with Gasteiger partial charge in [-0.05, 0) is 26.6 Å². The van der Waals surface area contributed by atoms with Gasteiger partial charge in [-0.25, -0.2) is 0 Å². The molecule has 8 N–H and O–H groups in total. The predicted octanol–water partition coefficient (Wildman–Crippen LogP) is -2.47. The van der Waals surface area contributed by atoms with Gasteiger partial charge in [-0.3, -0.25) is 4.79 Å². The Morgan fingerprint density at radius 1 is 1.46 bits per heavy atom. The number of aliphatic carboxylic acids is 1. The Labute approximate surface area is 142 Å². The number of carboxylic acid groups (broad SMARTS) is 1. The highest BCUT2D eigenvalue weighted by molar-refractivity contribution is 7.87. The third kappa shape index (κ3) is 5.12. The highest BCUT2D eigenvalue weighted by atomic mass is 32.2. The number of rotatable bonds is 9. The van der Waals surface area contributed by atoms with Crippen molar-refractivity contribution in [1.82, 2.24) is 9.03 Å². The molecule has 0 radical (unpaired) electrons. The molecule has 1 saturated heterocycles. The lowest BCUT2D eigenvalue weighted by atomic mass is 9.78. The van der Waals surface area contributed by atoms with Gasteiger partial charge in [-0.15, -0.1) is 0 Å². The summed E-state index contributed by atoms with van der Waals surface area (Å²) >= 11 is 0. The summed E-state index contributed by atoms with van der Waals surface area (Å²) in [6.07, 6.45) is 0.661. The van der Waals surface area contributed by atoms with Crippen molar-refractivity contribution in [2.75, 3.05) is 19.6 Å². The molecule has 0 amide bonds. The van der Waals surface area contributed by atoms with Crippen LogP contribution in [0, 0.1) is 5.92 Å². The van der Waals surface area contributed by atoms with Crippen molar-refractivity contribution in [2.45, 2.75) is 44.1 Å². The van der Waals surface area contributed by atoms with E-state index in [4.69, 9.17) is 21.5 Å². The third-order valence-corrected chi connectivity index (χ3v) is 6.03. The van der Waals surface area contributed by atoms with Gasteiger partial charge in [0.05, 0.1) is 0 Å². The number of nitrogens with two attached hydrogens (primary N) is 2. The molecule has 0 aromatic rings. The largest absolute Gasteiger partial charge is 0.480 e. The molecule has 1 aliphatic rings. The molecule has 1 fully saturated rings. The van der Waals surface area contributed by atoms with E-state index in [1.807, 2.05) is 0 Å². The first kappa shape index (κ1) is 21.3. The molecule has 0 unspecified atom stereocenters. The van der Waals surface area contributed by atoms with Crippen molar-refractivity contribution >= 4 is 23.3 Å². The van der Waals surface area contributed by atoms with Crippen molar-refractivity contribution in [1.29, 1.82) is 0 Å². The van der Waals surface area contributed by atoms with Crippen molar-refractivity contribution in [3.63, 3.8) is 0 Å². The number of nitrogens with zero attached hydrogens (tertiary/aromatic N) is 1. The van der Waals surface area contributed by atoms with E-state index in [2.05, 4.69) is 4.72 Å². The SMILES string of the molecule is CC(C)(CN)NS(=O)(=O)N1C[C@H](CCCB(O)O)[C@](N)(C(=O)O)C1. The van der Waals surface area contributed by atoms with Crippen LogP contribution in [0.4, 0.5) is 0 Å². The summed E-state index contributed by atoms with van der Waals surface area (Å²) in [6.45, 7) is 2.90. The summed E-state index contributed by atoms with van der Waals surface area (Å²) in [7, 11) is -5.44. The van der Waals surface area contributed by atoms with Crippen molar-refractivity contribution in [3.8, 4) is 0 Å². The van der Waals surface area contributed by atoms with Crippen LogP contribution < -0.4 is 16.2 Å². The van der Waals surface area contributed by atoms with Gasteiger partial charge in [0.1, 0.15) is 5.54 Å². The standard InChI is InChI=1S/C12H27BN4O6S/c1-11(2,7-14)16-24(22,23)17-6-9(4-3-5-13(20)21)12(15,8-17)10(18)19/h9,16,20-21H,3-8,14-15H2,1-2H3,(H,18,19)/t9-,12-/m0/s1. The Morgan fingerprint density at radius 3 is 2.50 bits per heavy atom. The molecule has 0 aliphatic carbocycles. The Morgan fingerprint density at radius 2 is 2.04 bits per heavy atom. The first-order chi connectivity index (χ1) is 10.8. The summed E-state index contributed by atoms with van der Waals surface area (Å²) < 4.78 is 28.4. The predicted molar refractivity (Wildman–Crippen MR) is 89.0 cm³/mol. The van der Waals surface area contributed by atoms with Gasteiger partial charge in [0, 0.05) is 31.1 Å². The summed E-state index contributed by atoms with van der Waals surface area (Å²) in [5, 5.41) is 27.2. The molecular weight excluding hydrogens is 339 g/mol. The van der Waals surface area contributed by atoms with Crippen LogP contribution in [0.25, 0.3) is 0 Å². The Bertz CT molecular complexity index is 558. The lowest BCUT2D eigenvalue weighted by molar-refractivity contribution is -0.144. The van der Waals surface area contributed by atoms with Crippen LogP contribution in [0.15, 0.2) is 0 Å². The van der Waals surface area contributed by atoms with Gasteiger partial charge in [0.2, 0.25) is 0 Å². The average molecular weight is 366 g/mol. The number of carbonyl (C=O) groups is 1. The number of hydrogen-bond acceptors (Lipinski definition) is 7. The summed E-state index contributed by atoms with van der Waals surface area (Å²) in [5.41, 5.74) is 8.89. The minimum absolute atomic E-state index is 0.0552. The van der Waals surface area contributed by atoms with Crippen LogP contribution in [0.2, 0.25) is 6.32 Å². The fourth-order valence-corrected chi connectivity index (χ4v) is 4.34. The van der Waals surface area contributed by atoms with E-state index in [9.17, 15) is 18.3 Å². The van der Waals surface area contributed by atoms with Crippen LogP contribution in [0.1, 0.15) is 26.7 Å². The van der Waals surface area contributed by atoms with Crippen LogP contribution in [0.5, 0.6) is 0 Å². The fourth-order valence-electron chi connectivity index (χ4n) is 2.67. The van der Waals surface area contributed by atoms with Crippen molar-refractivity contribution in [3.05, 3.63) is 0 Å². The van der Waals surface area contributed by atoms with Crippen LogP contribution in [-0.4, -0.2) is 71.7 Å². The molecule has 0 aromatic heterocycles. The lowest BCUT2D eigenvalue weighted by Gasteiger charge is -2.28. The number of hydrogen-bond donors (Lipinski definition) is 6. The molecule has 140 valence electrons. The Hall–Kier alpha value is -0.755. The molecule has 2 atom stereocenters. The number of carboxylic acids is 1. The lowest BCUT2D eigenvalue weighted by Crippen LogP contribution is -2.57. The molecule has 10 nitrogen and oxygen atoms in total. The van der Waals surface area contributed by atoms with E-state index < -0.39 is 40.3 Å². The van der Waals surface area contributed by atoms with E-state index in [0.717, 1.165) is 4.31 Å². The van der Waals surface area contributed by atoms with Crippen LogP contribution in [0.3, 0.4) is 0 Å². The van der Waals surface area contributed by atoms with Crippen molar-refractivity contribution < 1.29 is 28.4 Å². The molecule has 0 saturated carbocycles. The van der Waals surface area contributed by atoms with E-state index >= 15 is 0 Å². The second-order valence-electron chi connectivity index (χ2n) is 6.94. The van der Waals surface area contributed by atoms with Crippen LogP contribution >= 0.6 is 0 Å². The molecule has 12 heteroatoms. The van der Waals surface area contributed by atoms with E-state index in [-0.39, 0.29) is 32.4 Å². The number of nitrogens with one attached hydrogen (secondary N) is 1. The van der Waals surface area contributed by atoms with E-state index in [1.165, 1.54) is 0 Å². The zero-order valence-corrected chi connectivity index (χ0v) is 14.8. The topological polar surface area (TPSA) is 179 Å². The van der Waals surface area contributed by atoms with Gasteiger partial charge in [-0.1, -0.05) is 6.42 Å². The molecule has 0 aromatic carbocycles. The molecular formula is C12H27BN4O6S.